The maximum Gasteiger partial charge on any atom is 0.317 e. The fourth-order valence-electron chi connectivity index (χ4n) is 3.30. The zero-order chi connectivity index (χ0) is 15.8. The van der Waals surface area contributed by atoms with Crippen molar-refractivity contribution >= 4 is 23.4 Å². The number of pyridine rings is 1. The molecule has 2 heterocycles. The van der Waals surface area contributed by atoms with Crippen LogP contribution < -0.4 is 10.2 Å². The molecule has 1 unspecified atom stereocenters. The lowest BCUT2D eigenvalue weighted by molar-refractivity contribution is 0.189. The third-order valence-electron chi connectivity index (χ3n) is 4.95. The molecule has 2 amide bonds. The Morgan fingerprint density at radius 2 is 2.17 bits per heavy atom. The van der Waals surface area contributed by atoms with Crippen LogP contribution >= 0.6 is 11.6 Å². The molecule has 3 fully saturated rings. The summed E-state index contributed by atoms with van der Waals surface area (Å²) in [7, 11) is 0. The molecule has 0 spiro atoms. The van der Waals surface area contributed by atoms with Gasteiger partial charge in [0.25, 0.3) is 0 Å². The molecule has 2 aliphatic carbocycles. The van der Waals surface area contributed by atoms with E-state index in [1.165, 1.54) is 25.7 Å². The summed E-state index contributed by atoms with van der Waals surface area (Å²) in [4.78, 5) is 21.2. The highest BCUT2D eigenvalue weighted by Gasteiger charge is 2.37. The number of hydrogen-bond donors (Lipinski definition) is 1. The van der Waals surface area contributed by atoms with Crippen LogP contribution in [-0.4, -0.2) is 47.6 Å². The van der Waals surface area contributed by atoms with E-state index in [0.717, 1.165) is 37.8 Å². The highest BCUT2D eigenvalue weighted by atomic mass is 35.5. The van der Waals surface area contributed by atoms with Crippen LogP contribution in [0.5, 0.6) is 0 Å². The molecule has 0 bridgehead atoms. The Hall–Kier alpha value is -1.49. The van der Waals surface area contributed by atoms with Gasteiger partial charge < -0.3 is 15.1 Å². The van der Waals surface area contributed by atoms with Gasteiger partial charge in [-0.1, -0.05) is 11.6 Å². The second-order valence-corrected chi connectivity index (χ2v) is 7.42. The summed E-state index contributed by atoms with van der Waals surface area (Å²) in [5.74, 6) is 1.57. The van der Waals surface area contributed by atoms with E-state index >= 15 is 0 Å². The summed E-state index contributed by atoms with van der Waals surface area (Å²) in [5, 5.41) is 3.90. The Bertz CT molecular complexity index is 588. The van der Waals surface area contributed by atoms with Crippen molar-refractivity contribution in [1.82, 2.24) is 15.2 Å². The number of amides is 2. The molecule has 6 heteroatoms. The van der Waals surface area contributed by atoms with Gasteiger partial charge in [0.15, 0.2) is 0 Å². The van der Waals surface area contributed by atoms with Crippen LogP contribution in [0, 0.1) is 5.92 Å². The van der Waals surface area contributed by atoms with E-state index in [-0.39, 0.29) is 12.1 Å². The van der Waals surface area contributed by atoms with Crippen LogP contribution in [0.4, 0.5) is 10.6 Å². The van der Waals surface area contributed by atoms with E-state index in [1.807, 2.05) is 12.1 Å². The standard InChI is InChI=1S/C17H23ClN4O/c18-15-2-1-8-19-16(15)21-9-7-13(11-21)20-17(23)22(14-5-6-14)10-12-3-4-12/h1-2,8,12-14H,3-7,9-11H2,(H,20,23). The summed E-state index contributed by atoms with van der Waals surface area (Å²) < 4.78 is 0. The Morgan fingerprint density at radius 3 is 2.87 bits per heavy atom. The van der Waals surface area contributed by atoms with Crippen LogP contribution in [0.15, 0.2) is 18.3 Å². The monoisotopic (exact) mass is 334 g/mol. The number of halogens is 1. The first-order valence-corrected chi connectivity index (χ1v) is 9.01. The molecule has 1 N–H and O–H groups in total. The molecule has 5 nitrogen and oxygen atoms in total. The first-order valence-electron chi connectivity index (χ1n) is 8.63. The number of nitrogens with zero attached hydrogens (tertiary/aromatic N) is 3. The van der Waals surface area contributed by atoms with Gasteiger partial charge in [-0.05, 0) is 50.2 Å². The molecule has 0 aromatic carbocycles. The Labute approximate surface area is 142 Å². The van der Waals surface area contributed by atoms with Crippen molar-refractivity contribution in [3.8, 4) is 0 Å². The average molecular weight is 335 g/mol. The number of nitrogens with one attached hydrogen (secondary N) is 1. The molecule has 1 aromatic rings. The van der Waals surface area contributed by atoms with Gasteiger partial charge in [-0.25, -0.2) is 9.78 Å². The average Bonchev–Trinajstić information content (AvgIpc) is 3.45. The molecule has 1 atom stereocenters. The minimum absolute atomic E-state index is 0.123. The smallest absolute Gasteiger partial charge is 0.317 e. The lowest BCUT2D eigenvalue weighted by Gasteiger charge is -2.25. The third kappa shape index (κ3) is 3.55. The minimum Gasteiger partial charge on any atom is -0.353 e. The molecular weight excluding hydrogens is 312 g/mol. The van der Waals surface area contributed by atoms with Crippen molar-refractivity contribution < 1.29 is 4.79 Å². The largest absolute Gasteiger partial charge is 0.353 e. The maximum absolute atomic E-state index is 12.6. The molecule has 1 saturated heterocycles. The summed E-state index contributed by atoms with van der Waals surface area (Å²) >= 11 is 6.22. The first kappa shape index (κ1) is 15.1. The van der Waals surface area contributed by atoms with E-state index < -0.39 is 0 Å². The topological polar surface area (TPSA) is 48.5 Å². The normalized spacial score (nSPS) is 23.9. The first-order chi connectivity index (χ1) is 11.2. The summed E-state index contributed by atoms with van der Waals surface area (Å²) in [5.41, 5.74) is 0. The van der Waals surface area contributed by atoms with Crippen molar-refractivity contribution in [2.75, 3.05) is 24.5 Å². The molecule has 1 aliphatic heterocycles. The number of aromatic nitrogens is 1. The van der Waals surface area contributed by atoms with Crippen LogP contribution in [-0.2, 0) is 0 Å². The molecule has 1 aromatic heterocycles. The molecule has 124 valence electrons. The van der Waals surface area contributed by atoms with E-state index in [1.54, 1.807) is 6.20 Å². The number of hydrogen-bond acceptors (Lipinski definition) is 3. The van der Waals surface area contributed by atoms with Gasteiger partial charge in [-0.3, -0.25) is 0 Å². The molecular formula is C17H23ClN4O. The number of carbonyl (C=O) groups is 1. The zero-order valence-corrected chi connectivity index (χ0v) is 14.0. The molecule has 2 saturated carbocycles. The summed E-state index contributed by atoms with van der Waals surface area (Å²) in [6.45, 7) is 2.61. The fraction of sp³-hybridized carbons (Fsp3) is 0.647. The molecule has 4 rings (SSSR count). The lowest BCUT2D eigenvalue weighted by Crippen LogP contribution is -2.47. The Kier molecular flexibility index (Phi) is 4.05. The van der Waals surface area contributed by atoms with Crippen molar-refractivity contribution in [3.05, 3.63) is 23.4 Å². The summed E-state index contributed by atoms with van der Waals surface area (Å²) in [6, 6.07) is 4.49. The van der Waals surface area contributed by atoms with Crippen LogP contribution in [0.3, 0.4) is 0 Å². The van der Waals surface area contributed by atoms with Gasteiger partial charge in [0.1, 0.15) is 5.82 Å². The Balaban J connectivity index is 1.34. The van der Waals surface area contributed by atoms with E-state index in [2.05, 4.69) is 20.1 Å². The van der Waals surface area contributed by atoms with E-state index in [9.17, 15) is 4.79 Å². The quantitative estimate of drug-likeness (QED) is 0.900. The van der Waals surface area contributed by atoms with Gasteiger partial charge in [-0.15, -0.1) is 0 Å². The highest BCUT2D eigenvalue weighted by Crippen LogP contribution is 2.35. The van der Waals surface area contributed by atoms with Crippen LogP contribution in [0.1, 0.15) is 32.1 Å². The van der Waals surface area contributed by atoms with Crippen molar-refractivity contribution in [3.63, 3.8) is 0 Å². The zero-order valence-electron chi connectivity index (χ0n) is 13.2. The molecule has 23 heavy (non-hydrogen) atoms. The maximum atomic E-state index is 12.6. The molecule has 0 radical (unpaired) electrons. The van der Waals surface area contributed by atoms with Crippen LogP contribution in [0.2, 0.25) is 5.02 Å². The van der Waals surface area contributed by atoms with Gasteiger partial charge in [0.2, 0.25) is 0 Å². The van der Waals surface area contributed by atoms with Gasteiger partial charge >= 0.3 is 6.03 Å². The van der Waals surface area contributed by atoms with Gasteiger partial charge in [0, 0.05) is 37.9 Å². The second-order valence-electron chi connectivity index (χ2n) is 7.02. The fourth-order valence-corrected chi connectivity index (χ4v) is 3.54. The van der Waals surface area contributed by atoms with Crippen LogP contribution in [0.25, 0.3) is 0 Å². The lowest BCUT2D eigenvalue weighted by atomic mass is 10.2. The second kappa shape index (κ2) is 6.19. The third-order valence-corrected chi connectivity index (χ3v) is 5.25. The van der Waals surface area contributed by atoms with E-state index in [0.29, 0.717) is 11.1 Å². The van der Waals surface area contributed by atoms with Gasteiger partial charge in [-0.2, -0.15) is 0 Å². The number of anilines is 1. The summed E-state index contributed by atoms with van der Waals surface area (Å²) in [6.07, 6.45) is 7.61. The molecule has 3 aliphatic rings. The van der Waals surface area contributed by atoms with Crippen molar-refractivity contribution in [1.29, 1.82) is 0 Å². The van der Waals surface area contributed by atoms with Crippen molar-refractivity contribution in [2.24, 2.45) is 5.92 Å². The van der Waals surface area contributed by atoms with Gasteiger partial charge in [0.05, 0.1) is 5.02 Å². The minimum atomic E-state index is 0.123. The Morgan fingerprint density at radius 1 is 1.35 bits per heavy atom. The predicted molar refractivity (Wildman–Crippen MR) is 90.8 cm³/mol. The predicted octanol–water partition coefficient (Wildman–Crippen LogP) is 2.90. The van der Waals surface area contributed by atoms with Crippen molar-refractivity contribution in [2.45, 2.75) is 44.2 Å². The number of urea groups is 1. The van der Waals surface area contributed by atoms with E-state index in [4.69, 9.17) is 11.6 Å². The number of rotatable bonds is 5. The highest BCUT2D eigenvalue weighted by molar-refractivity contribution is 6.32. The number of carbonyl (C=O) groups excluding carboxylic acids is 1. The SMILES string of the molecule is O=C(NC1CCN(c2ncccc2Cl)C1)N(CC1CC1)C1CC1.